The standard InChI is InChI=1S/C18H28O6.C17H28O2/c1-7-15(2,3)12(19)22-10-11-23-14(21)18-9-8-17(6,13(20)24-18)16(18,4)5;1-5-16(2,3)15(18)19-17(4)13-7-11-6-12(9-13)10-14(17)8-11/h7-11H2,1-6H3;11-14H,5-10H2,1-4H3. The molecule has 5 saturated carbocycles. The lowest BCUT2D eigenvalue weighted by Gasteiger charge is -2.59. The highest BCUT2D eigenvalue weighted by molar-refractivity contribution is 5.93. The predicted molar refractivity (Wildman–Crippen MR) is 162 cm³/mol. The molecule has 0 aromatic carbocycles. The maximum absolute atomic E-state index is 12.6. The first-order valence-electron chi connectivity index (χ1n) is 16.6. The zero-order valence-corrected chi connectivity index (χ0v) is 28.4. The van der Waals surface area contributed by atoms with Crippen molar-refractivity contribution in [3.05, 3.63) is 0 Å². The van der Waals surface area contributed by atoms with Gasteiger partial charge in [0.25, 0.3) is 0 Å². The van der Waals surface area contributed by atoms with Gasteiger partial charge in [-0.1, -0.05) is 27.7 Å². The summed E-state index contributed by atoms with van der Waals surface area (Å²) in [6, 6.07) is 0. The summed E-state index contributed by atoms with van der Waals surface area (Å²) in [6.45, 7) is 19.4. The zero-order valence-electron chi connectivity index (χ0n) is 28.4. The summed E-state index contributed by atoms with van der Waals surface area (Å²) in [5, 5.41) is 0. The molecular weight excluding hydrogens is 548 g/mol. The molecule has 2 unspecified atom stereocenters. The minimum absolute atomic E-state index is 0.00424. The number of hydrogen-bond acceptors (Lipinski definition) is 8. The second kappa shape index (κ2) is 11.3. The lowest BCUT2D eigenvalue weighted by molar-refractivity contribution is -0.211. The molecule has 0 radical (unpaired) electrons. The molecule has 2 atom stereocenters. The molecule has 0 aromatic rings. The van der Waals surface area contributed by atoms with Crippen molar-refractivity contribution >= 4 is 23.9 Å². The first kappa shape index (κ1) is 33.8. The van der Waals surface area contributed by atoms with E-state index in [1.54, 1.807) is 13.8 Å². The van der Waals surface area contributed by atoms with E-state index in [-0.39, 0.29) is 42.1 Å². The molecule has 1 saturated heterocycles. The second-order valence-corrected chi connectivity index (χ2v) is 16.3. The molecule has 6 fully saturated rings. The average Bonchev–Trinajstić information content (AvgIpc) is 3.24. The molecule has 6 aliphatic rings. The zero-order chi connectivity index (χ0) is 32.2. The van der Waals surface area contributed by atoms with Crippen molar-refractivity contribution in [1.29, 1.82) is 0 Å². The minimum atomic E-state index is -1.23. The van der Waals surface area contributed by atoms with Gasteiger partial charge in [0, 0.05) is 5.41 Å². The van der Waals surface area contributed by atoms with Gasteiger partial charge in [-0.25, -0.2) is 4.79 Å². The van der Waals surface area contributed by atoms with Crippen LogP contribution in [0.4, 0.5) is 0 Å². The molecule has 1 aliphatic heterocycles. The van der Waals surface area contributed by atoms with Crippen molar-refractivity contribution in [1.82, 2.24) is 0 Å². The number of esters is 4. The maximum Gasteiger partial charge on any atom is 0.351 e. The largest absolute Gasteiger partial charge is 0.462 e. The van der Waals surface area contributed by atoms with Gasteiger partial charge in [-0.05, 0) is 123 Å². The maximum atomic E-state index is 12.6. The fourth-order valence-corrected chi connectivity index (χ4v) is 8.20. The van der Waals surface area contributed by atoms with Crippen LogP contribution in [-0.4, -0.2) is 48.3 Å². The Morgan fingerprint density at radius 3 is 1.70 bits per heavy atom. The summed E-state index contributed by atoms with van der Waals surface area (Å²) in [7, 11) is 0. The van der Waals surface area contributed by atoms with Crippen molar-refractivity contribution in [3.63, 3.8) is 0 Å². The second-order valence-electron chi connectivity index (χ2n) is 16.3. The monoisotopic (exact) mass is 604 g/mol. The van der Waals surface area contributed by atoms with Crippen LogP contribution < -0.4 is 0 Å². The highest BCUT2D eigenvalue weighted by Crippen LogP contribution is 2.66. The summed E-state index contributed by atoms with van der Waals surface area (Å²) in [6.07, 6.45) is 9.20. The summed E-state index contributed by atoms with van der Waals surface area (Å²) in [5.74, 6) is 1.91. The Balaban J connectivity index is 0.000000202. The van der Waals surface area contributed by atoms with E-state index in [2.05, 4.69) is 13.8 Å². The van der Waals surface area contributed by atoms with Crippen molar-refractivity contribution in [2.45, 2.75) is 138 Å². The Labute approximate surface area is 258 Å². The molecule has 8 heteroatoms. The van der Waals surface area contributed by atoms with Crippen molar-refractivity contribution in [3.8, 4) is 0 Å². The van der Waals surface area contributed by atoms with Gasteiger partial charge in [-0.15, -0.1) is 0 Å². The number of ether oxygens (including phenoxy) is 4. The van der Waals surface area contributed by atoms with Gasteiger partial charge < -0.3 is 18.9 Å². The average molecular weight is 605 g/mol. The molecule has 0 aromatic heterocycles. The van der Waals surface area contributed by atoms with Gasteiger partial charge >= 0.3 is 23.9 Å². The van der Waals surface area contributed by atoms with E-state index in [4.69, 9.17) is 18.9 Å². The third-order valence-electron chi connectivity index (χ3n) is 12.9. The summed E-state index contributed by atoms with van der Waals surface area (Å²) >= 11 is 0. The third kappa shape index (κ3) is 5.51. The summed E-state index contributed by atoms with van der Waals surface area (Å²) in [4.78, 5) is 49.1. The van der Waals surface area contributed by atoms with Crippen LogP contribution in [0.1, 0.15) is 127 Å². The molecule has 6 rings (SSSR count). The number of carbonyl (C=O) groups is 4. The quantitative estimate of drug-likeness (QED) is 0.161. The lowest BCUT2D eigenvalue weighted by Crippen LogP contribution is -2.58. The molecule has 5 aliphatic carbocycles. The topological polar surface area (TPSA) is 105 Å². The van der Waals surface area contributed by atoms with Gasteiger partial charge in [0.15, 0.2) is 0 Å². The molecule has 0 spiro atoms. The van der Waals surface area contributed by atoms with E-state index in [0.29, 0.717) is 31.1 Å². The van der Waals surface area contributed by atoms with Crippen LogP contribution in [0.25, 0.3) is 0 Å². The minimum Gasteiger partial charge on any atom is -0.462 e. The molecule has 8 nitrogen and oxygen atoms in total. The first-order valence-corrected chi connectivity index (χ1v) is 16.6. The molecule has 244 valence electrons. The fourth-order valence-electron chi connectivity index (χ4n) is 8.20. The van der Waals surface area contributed by atoms with E-state index in [9.17, 15) is 19.2 Å². The van der Waals surface area contributed by atoms with Crippen LogP contribution in [0.3, 0.4) is 0 Å². The molecule has 0 N–H and O–H groups in total. The Morgan fingerprint density at radius 1 is 0.767 bits per heavy atom. The Hall–Kier alpha value is -2.12. The van der Waals surface area contributed by atoms with Crippen molar-refractivity contribution in [2.24, 2.45) is 45.3 Å². The molecule has 43 heavy (non-hydrogen) atoms. The van der Waals surface area contributed by atoms with Crippen LogP contribution in [0.5, 0.6) is 0 Å². The lowest BCUT2D eigenvalue weighted by atomic mass is 9.50. The SMILES string of the molecule is CCC(C)(C)C(=O)OC1(C)C2CC3CC(C2)CC1C3.CCC(C)(C)C(=O)OCCOC(=O)C12CCC(C)(C(=O)O1)C2(C)C. The highest BCUT2D eigenvalue weighted by atomic mass is 16.6. The summed E-state index contributed by atoms with van der Waals surface area (Å²) < 4.78 is 22.0. The van der Waals surface area contributed by atoms with Crippen LogP contribution >= 0.6 is 0 Å². The van der Waals surface area contributed by atoms with E-state index in [1.165, 1.54) is 32.1 Å². The first-order chi connectivity index (χ1) is 19.8. The number of carbonyl (C=O) groups excluding carboxylic acids is 4. The third-order valence-corrected chi connectivity index (χ3v) is 12.9. The van der Waals surface area contributed by atoms with E-state index in [1.807, 2.05) is 41.5 Å². The predicted octanol–water partition coefficient (Wildman–Crippen LogP) is 6.81. The normalized spacial score (nSPS) is 36.8. The van der Waals surface area contributed by atoms with Crippen LogP contribution in [0.2, 0.25) is 0 Å². The molecule has 0 amide bonds. The van der Waals surface area contributed by atoms with Crippen LogP contribution in [-0.2, 0) is 38.1 Å². The number of hydrogen-bond donors (Lipinski definition) is 0. The number of rotatable bonds is 9. The highest BCUT2D eigenvalue weighted by Gasteiger charge is 2.76. The Kier molecular flexibility index (Phi) is 8.91. The Bertz CT molecular complexity index is 1090. The molecular formula is C35H56O8. The van der Waals surface area contributed by atoms with Crippen molar-refractivity contribution < 1.29 is 38.1 Å². The number of fused-ring (bicyclic) bond motifs is 2. The van der Waals surface area contributed by atoms with Gasteiger partial charge in [0.2, 0.25) is 5.60 Å². The van der Waals surface area contributed by atoms with Crippen LogP contribution in [0.15, 0.2) is 0 Å². The Morgan fingerprint density at radius 2 is 1.26 bits per heavy atom. The smallest absolute Gasteiger partial charge is 0.351 e. The fraction of sp³-hybridized carbons (Fsp3) is 0.886. The van der Waals surface area contributed by atoms with Crippen LogP contribution in [0, 0.1) is 45.3 Å². The van der Waals surface area contributed by atoms with Gasteiger partial charge in [-0.3, -0.25) is 14.4 Å². The van der Waals surface area contributed by atoms with E-state index >= 15 is 0 Å². The van der Waals surface area contributed by atoms with Gasteiger partial charge in [0.05, 0.1) is 16.2 Å². The van der Waals surface area contributed by atoms with Gasteiger partial charge in [-0.2, -0.15) is 0 Å². The summed E-state index contributed by atoms with van der Waals surface area (Å²) in [5.41, 5.74) is -3.59. The molecule has 1 heterocycles. The van der Waals surface area contributed by atoms with E-state index in [0.717, 1.165) is 18.3 Å². The van der Waals surface area contributed by atoms with Gasteiger partial charge in [0.1, 0.15) is 18.8 Å². The van der Waals surface area contributed by atoms with E-state index < -0.39 is 27.8 Å². The van der Waals surface area contributed by atoms with Crippen molar-refractivity contribution in [2.75, 3.05) is 13.2 Å². The molecule has 6 bridgehead atoms.